The number of amides is 1. The molecule has 1 saturated carbocycles. The summed E-state index contributed by atoms with van der Waals surface area (Å²) in [7, 11) is 0. The second-order valence-corrected chi connectivity index (χ2v) is 3.31. The maximum absolute atomic E-state index is 10.7. The molecule has 0 aliphatic heterocycles. The molecule has 3 N–H and O–H groups in total. The van der Waals surface area contributed by atoms with Gasteiger partial charge in [-0.1, -0.05) is 27.7 Å². The Morgan fingerprint density at radius 1 is 1.07 bits per heavy atom. The van der Waals surface area contributed by atoms with Crippen LogP contribution in [-0.4, -0.2) is 18.0 Å². The Kier molecular flexibility index (Phi) is 12.9. The highest BCUT2D eigenvalue weighted by Gasteiger charge is 2.18. The first kappa shape index (κ1) is 16.8. The van der Waals surface area contributed by atoms with E-state index in [4.69, 9.17) is 5.73 Å². The molecule has 1 rings (SSSR count). The number of nitrogens with two attached hydrogens (primary N) is 1. The van der Waals surface area contributed by atoms with E-state index in [0.717, 1.165) is 25.7 Å². The normalized spacial score (nSPS) is 23.9. The number of hydrogen-bond donors (Lipinski definition) is 2. The minimum atomic E-state index is 0.0745. The van der Waals surface area contributed by atoms with Gasteiger partial charge in [-0.3, -0.25) is 4.79 Å². The minimum absolute atomic E-state index is 0.0745. The van der Waals surface area contributed by atoms with E-state index in [0.29, 0.717) is 12.1 Å². The molecule has 15 heavy (non-hydrogen) atoms. The van der Waals surface area contributed by atoms with Crippen LogP contribution in [0.4, 0.5) is 0 Å². The van der Waals surface area contributed by atoms with Crippen molar-refractivity contribution in [3.8, 4) is 0 Å². The standard InChI is InChI=1S/C8H16N2O.2C2H6/c1-6(11)10-8-4-2-7(9)3-5-8;2*1-2/h7-8H,2-5,9H2,1H3,(H,10,11);2*1-2H3. The van der Waals surface area contributed by atoms with E-state index in [-0.39, 0.29) is 5.91 Å². The molecular weight excluding hydrogens is 188 g/mol. The summed E-state index contributed by atoms with van der Waals surface area (Å²) in [5, 5.41) is 2.91. The Balaban J connectivity index is 0. The van der Waals surface area contributed by atoms with Gasteiger partial charge < -0.3 is 11.1 Å². The van der Waals surface area contributed by atoms with Gasteiger partial charge in [0, 0.05) is 19.0 Å². The van der Waals surface area contributed by atoms with E-state index in [1.165, 1.54) is 0 Å². The van der Waals surface area contributed by atoms with Crippen molar-refractivity contribution in [1.29, 1.82) is 0 Å². The number of hydrogen-bond acceptors (Lipinski definition) is 2. The fraction of sp³-hybridized carbons (Fsp3) is 0.917. The van der Waals surface area contributed by atoms with E-state index in [2.05, 4.69) is 5.32 Å². The van der Waals surface area contributed by atoms with Gasteiger partial charge in [0.25, 0.3) is 0 Å². The fourth-order valence-corrected chi connectivity index (χ4v) is 1.55. The van der Waals surface area contributed by atoms with Crippen LogP contribution in [-0.2, 0) is 4.79 Å². The maximum Gasteiger partial charge on any atom is 0.217 e. The first-order valence-electron chi connectivity index (χ1n) is 6.21. The first-order chi connectivity index (χ1) is 7.18. The third-order valence-electron chi connectivity index (χ3n) is 2.18. The van der Waals surface area contributed by atoms with Crippen molar-refractivity contribution >= 4 is 5.91 Å². The molecule has 0 bridgehead atoms. The van der Waals surface area contributed by atoms with Gasteiger partial charge in [-0.2, -0.15) is 0 Å². The zero-order valence-electron chi connectivity index (χ0n) is 11.0. The molecule has 0 atom stereocenters. The predicted octanol–water partition coefficient (Wildman–Crippen LogP) is 2.44. The second-order valence-electron chi connectivity index (χ2n) is 3.31. The van der Waals surface area contributed by atoms with Crippen LogP contribution in [0.2, 0.25) is 0 Å². The van der Waals surface area contributed by atoms with Crippen LogP contribution in [0.15, 0.2) is 0 Å². The summed E-state index contributed by atoms with van der Waals surface area (Å²) in [5.41, 5.74) is 5.72. The molecule has 0 heterocycles. The number of carbonyl (C=O) groups excluding carboxylic acids is 1. The van der Waals surface area contributed by atoms with Gasteiger partial charge in [0.2, 0.25) is 5.91 Å². The summed E-state index contributed by atoms with van der Waals surface area (Å²) < 4.78 is 0. The van der Waals surface area contributed by atoms with Crippen LogP contribution in [0, 0.1) is 0 Å². The Morgan fingerprint density at radius 2 is 1.47 bits per heavy atom. The smallest absolute Gasteiger partial charge is 0.217 e. The zero-order chi connectivity index (χ0) is 12.3. The lowest BCUT2D eigenvalue weighted by Gasteiger charge is -2.26. The predicted molar refractivity (Wildman–Crippen MR) is 66.7 cm³/mol. The summed E-state index contributed by atoms with van der Waals surface area (Å²) in [5.74, 6) is 0.0745. The van der Waals surface area contributed by atoms with Crippen LogP contribution in [0.5, 0.6) is 0 Å². The SMILES string of the molecule is CC.CC.CC(=O)NC1CCC(N)CC1. The molecule has 0 radical (unpaired) electrons. The van der Waals surface area contributed by atoms with Gasteiger partial charge >= 0.3 is 0 Å². The van der Waals surface area contributed by atoms with Gasteiger partial charge in [0.1, 0.15) is 0 Å². The Labute approximate surface area is 94.8 Å². The minimum Gasteiger partial charge on any atom is -0.354 e. The van der Waals surface area contributed by atoms with Crippen LogP contribution < -0.4 is 11.1 Å². The van der Waals surface area contributed by atoms with Crippen molar-refractivity contribution in [2.75, 3.05) is 0 Å². The number of carbonyl (C=O) groups is 1. The van der Waals surface area contributed by atoms with E-state index in [1.807, 2.05) is 27.7 Å². The second kappa shape index (κ2) is 11.5. The van der Waals surface area contributed by atoms with Gasteiger partial charge in [-0.05, 0) is 25.7 Å². The zero-order valence-corrected chi connectivity index (χ0v) is 11.0. The average Bonchev–Trinajstić information content (AvgIpc) is 2.27. The third-order valence-corrected chi connectivity index (χ3v) is 2.18. The highest BCUT2D eigenvalue weighted by molar-refractivity contribution is 5.73. The first-order valence-corrected chi connectivity index (χ1v) is 6.21. The van der Waals surface area contributed by atoms with Crippen LogP contribution in [0.3, 0.4) is 0 Å². The van der Waals surface area contributed by atoms with Gasteiger partial charge in [0.05, 0.1) is 0 Å². The van der Waals surface area contributed by atoms with Crippen LogP contribution >= 0.6 is 0 Å². The average molecular weight is 216 g/mol. The third kappa shape index (κ3) is 9.73. The monoisotopic (exact) mass is 216 g/mol. The largest absolute Gasteiger partial charge is 0.354 e. The lowest BCUT2D eigenvalue weighted by Crippen LogP contribution is -2.39. The summed E-state index contributed by atoms with van der Waals surface area (Å²) in [6.45, 7) is 9.56. The molecule has 1 amide bonds. The van der Waals surface area contributed by atoms with Gasteiger partial charge in [0.15, 0.2) is 0 Å². The van der Waals surface area contributed by atoms with Crippen molar-refractivity contribution in [3.05, 3.63) is 0 Å². The highest BCUT2D eigenvalue weighted by atomic mass is 16.1. The molecule has 0 aromatic rings. The molecule has 0 unspecified atom stereocenters. The molecule has 0 spiro atoms. The van der Waals surface area contributed by atoms with Crippen molar-refractivity contribution in [2.45, 2.75) is 72.4 Å². The Bertz CT molecular complexity index is 141. The molecule has 92 valence electrons. The van der Waals surface area contributed by atoms with Crippen molar-refractivity contribution in [2.24, 2.45) is 5.73 Å². The Hall–Kier alpha value is -0.570. The van der Waals surface area contributed by atoms with Crippen LogP contribution in [0.1, 0.15) is 60.3 Å². The van der Waals surface area contributed by atoms with Crippen LogP contribution in [0.25, 0.3) is 0 Å². The lowest BCUT2D eigenvalue weighted by atomic mass is 9.92. The quantitative estimate of drug-likeness (QED) is 0.707. The van der Waals surface area contributed by atoms with E-state index in [1.54, 1.807) is 6.92 Å². The molecule has 0 aromatic carbocycles. The van der Waals surface area contributed by atoms with Crippen molar-refractivity contribution in [1.82, 2.24) is 5.32 Å². The highest BCUT2D eigenvalue weighted by Crippen LogP contribution is 2.16. The lowest BCUT2D eigenvalue weighted by molar-refractivity contribution is -0.119. The van der Waals surface area contributed by atoms with Crippen molar-refractivity contribution in [3.63, 3.8) is 0 Å². The molecule has 1 fully saturated rings. The molecule has 1 aliphatic rings. The maximum atomic E-state index is 10.7. The summed E-state index contributed by atoms with van der Waals surface area (Å²) >= 11 is 0. The molecule has 3 nitrogen and oxygen atoms in total. The molecular formula is C12H28N2O. The van der Waals surface area contributed by atoms with E-state index >= 15 is 0 Å². The molecule has 0 saturated heterocycles. The molecule has 1 aliphatic carbocycles. The van der Waals surface area contributed by atoms with E-state index < -0.39 is 0 Å². The topological polar surface area (TPSA) is 55.1 Å². The Morgan fingerprint density at radius 3 is 1.80 bits per heavy atom. The van der Waals surface area contributed by atoms with Crippen molar-refractivity contribution < 1.29 is 4.79 Å². The van der Waals surface area contributed by atoms with E-state index in [9.17, 15) is 4.79 Å². The molecule has 0 aromatic heterocycles. The van der Waals surface area contributed by atoms with Gasteiger partial charge in [-0.15, -0.1) is 0 Å². The number of nitrogens with one attached hydrogen (secondary N) is 1. The van der Waals surface area contributed by atoms with Gasteiger partial charge in [-0.25, -0.2) is 0 Å². The summed E-state index contributed by atoms with van der Waals surface area (Å²) in [6, 6.07) is 0.743. The summed E-state index contributed by atoms with van der Waals surface area (Å²) in [4.78, 5) is 10.7. The summed E-state index contributed by atoms with van der Waals surface area (Å²) in [6.07, 6.45) is 4.18. The number of rotatable bonds is 1. The molecule has 3 heteroatoms. The fourth-order valence-electron chi connectivity index (χ4n) is 1.55.